The minimum absolute atomic E-state index is 0.136. The molecule has 0 aliphatic heterocycles. The molecule has 0 saturated carbocycles. The van der Waals surface area contributed by atoms with Crippen LogP contribution in [0.25, 0.3) is 0 Å². The van der Waals surface area contributed by atoms with E-state index in [0.29, 0.717) is 25.7 Å². The van der Waals surface area contributed by atoms with E-state index in [-0.39, 0.29) is 19.4 Å². The number of allylic oxidation sites excluding steroid dienone is 4. The first-order valence-corrected chi connectivity index (χ1v) is 25.6. The Labute approximate surface area is 370 Å². The van der Waals surface area contributed by atoms with Crippen LogP contribution in [0.2, 0.25) is 0 Å². The van der Waals surface area contributed by atoms with E-state index in [2.05, 4.69) is 43.9 Å². The van der Waals surface area contributed by atoms with Crippen molar-refractivity contribution in [1.82, 2.24) is 0 Å². The van der Waals surface area contributed by atoms with Gasteiger partial charge in [-0.2, -0.15) is 0 Å². The number of hydrogen-bond donors (Lipinski definition) is 3. The van der Waals surface area contributed by atoms with Gasteiger partial charge in [0.2, 0.25) is 0 Å². The van der Waals surface area contributed by atoms with Crippen LogP contribution < -0.4 is 16.4 Å². The summed E-state index contributed by atoms with van der Waals surface area (Å²) < 4.78 is 38.1. The van der Waals surface area contributed by atoms with Crippen LogP contribution in [0.1, 0.15) is 206 Å². The first-order chi connectivity index (χ1) is 29.5. The minimum Gasteiger partial charge on any atom is -0.756 e. The van der Waals surface area contributed by atoms with Gasteiger partial charge in [-0.1, -0.05) is 134 Å². The van der Waals surface area contributed by atoms with Gasteiger partial charge in [-0.3, -0.25) is 18.9 Å². The Morgan fingerprint density at radius 3 is 1.52 bits per heavy atom. The summed E-state index contributed by atoms with van der Waals surface area (Å²) in [6.07, 6.45) is 36.8. The van der Waals surface area contributed by atoms with Gasteiger partial charge in [-0.15, -0.1) is 0 Å². The molecule has 0 spiro atoms. The van der Waals surface area contributed by atoms with E-state index in [4.69, 9.17) is 29.0 Å². The lowest BCUT2D eigenvalue weighted by Gasteiger charge is -2.26. The Kier molecular flexibility index (Phi) is 41.6. The number of quaternary nitrogens is 1. The lowest BCUT2D eigenvalue weighted by molar-refractivity contribution is -0.368. The average molecular weight is 889 g/mol. The van der Waals surface area contributed by atoms with Crippen molar-refractivity contribution in [3.05, 3.63) is 24.3 Å². The maximum absolute atomic E-state index is 12.7. The highest BCUT2D eigenvalue weighted by Crippen LogP contribution is 2.38. The minimum atomic E-state index is -5.00. The maximum atomic E-state index is 12.7. The van der Waals surface area contributed by atoms with Crippen molar-refractivity contribution in [1.29, 1.82) is 0 Å². The Morgan fingerprint density at radius 1 is 0.590 bits per heavy atom. The molecule has 0 radical (unpaired) electrons. The Bertz CT molecular complexity index is 1160. The molecule has 0 amide bonds. The summed E-state index contributed by atoms with van der Waals surface area (Å²) in [5.74, 6) is -1.73. The van der Waals surface area contributed by atoms with Gasteiger partial charge >= 0.3 is 17.9 Å². The number of phosphoric acid groups is 1. The highest BCUT2D eigenvalue weighted by molar-refractivity contribution is 7.45. The highest BCUT2D eigenvalue weighted by atomic mass is 31.2. The third-order valence-corrected chi connectivity index (χ3v) is 11.3. The number of aliphatic hydroxyl groups excluding tert-OH is 1. The van der Waals surface area contributed by atoms with Crippen molar-refractivity contribution in [2.45, 2.75) is 225 Å². The molecule has 61 heavy (non-hydrogen) atoms. The summed E-state index contributed by atoms with van der Waals surface area (Å²) in [5.41, 5.74) is 9.54. The molecule has 13 nitrogen and oxygen atoms in total. The van der Waals surface area contributed by atoms with Gasteiger partial charge < -0.3 is 44.7 Å². The average Bonchev–Trinajstić information content (AvgIpc) is 3.24. The SMILES string of the molecule is CCCCCC/C=C\CCCCCCCCCC(=O)OCC(COP(=O)([O-])OCC(O)COC(=O)C(N)CCCC[NH3+])OC(=O)CCCCCCCC/C=C\CCCCCC. The van der Waals surface area contributed by atoms with Crippen LogP contribution in [-0.2, 0) is 42.2 Å². The van der Waals surface area contributed by atoms with E-state index in [9.17, 15) is 28.9 Å². The largest absolute Gasteiger partial charge is 0.756 e. The predicted octanol–water partition coefficient (Wildman–Crippen LogP) is 9.27. The zero-order valence-corrected chi connectivity index (χ0v) is 39.4. The summed E-state index contributed by atoms with van der Waals surface area (Å²) in [6.45, 7) is 2.89. The van der Waals surface area contributed by atoms with Crippen molar-refractivity contribution in [2.75, 3.05) is 33.0 Å². The molecule has 0 aromatic heterocycles. The molecule has 4 atom stereocenters. The molecule has 6 N–H and O–H groups in total. The van der Waals surface area contributed by atoms with Gasteiger partial charge in [0, 0.05) is 12.8 Å². The lowest BCUT2D eigenvalue weighted by Crippen LogP contribution is -2.50. The first kappa shape index (κ1) is 58.9. The fourth-order valence-corrected chi connectivity index (χ4v) is 7.28. The van der Waals surface area contributed by atoms with Crippen molar-refractivity contribution in [2.24, 2.45) is 5.73 Å². The van der Waals surface area contributed by atoms with E-state index in [0.717, 1.165) is 83.6 Å². The summed E-state index contributed by atoms with van der Waals surface area (Å²) in [6, 6.07) is -0.864. The molecule has 4 unspecified atom stereocenters. The number of carbonyl (C=O) groups excluding carboxylic acids is 3. The molecule has 0 fully saturated rings. The van der Waals surface area contributed by atoms with E-state index in [1.165, 1.54) is 77.0 Å². The molecule has 358 valence electrons. The second-order valence-electron chi connectivity index (χ2n) is 16.4. The van der Waals surface area contributed by atoms with E-state index in [1.54, 1.807) is 0 Å². The van der Waals surface area contributed by atoms with Gasteiger partial charge in [0.25, 0.3) is 7.82 Å². The van der Waals surface area contributed by atoms with Crippen molar-refractivity contribution in [3.63, 3.8) is 0 Å². The number of esters is 3. The zero-order valence-electron chi connectivity index (χ0n) is 38.6. The summed E-state index contributed by atoms with van der Waals surface area (Å²) >= 11 is 0. The van der Waals surface area contributed by atoms with Gasteiger partial charge in [0.15, 0.2) is 6.10 Å². The van der Waals surface area contributed by atoms with Crippen LogP contribution >= 0.6 is 7.82 Å². The van der Waals surface area contributed by atoms with Crippen LogP contribution in [0.3, 0.4) is 0 Å². The van der Waals surface area contributed by atoms with Gasteiger partial charge in [0.1, 0.15) is 25.4 Å². The number of phosphoric ester groups is 1. The molecule has 0 rings (SSSR count). The van der Waals surface area contributed by atoms with Crippen LogP contribution in [-0.4, -0.2) is 74.2 Å². The monoisotopic (exact) mass is 889 g/mol. The zero-order chi connectivity index (χ0) is 45.1. The predicted molar refractivity (Wildman–Crippen MR) is 241 cm³/mol. The van der Waals surface area contributed by atoms with E-state index in [1.807, 2.05) is 0 Å². The second kappa shape index (κ2) is 43.1. The first-order valence-electron chi connectivity index (χ1n) is 24.2. The lowest BCUT2D eigenvalue weighted by atomic mass is 10.1. The number of aliphatic hydroxyl groups is 1. The molecule has 0 saturated heterocycles. The Balaban J connectivity index is 4.67. The third-order valence-electron chi connectivity index (χ3n) is 10.3. The van der Waals surface area contributed by atoms with Crippen LogP contribution in [0.15, 0.2) is 24.3 Å². The van der Waals surface area contributed by atoms with Crippen molar-refractivity contribution < 1.29 is 57.9 Å². The highest BCUT2D eigenvalue weighted by Gasteiger charge is 2.23. The smallest absolute Gasteiger partial charge is 0.322 e. The topological polar surface area (TPSA) is 211 Å². The Morgan fingerprint density at radius 2 is 1.03 bits per heavy atom. The number of ether oxygens (including phenoxy) is 3. The summed E-state index contributed by atoms with van der Waals surface area (Å²) in [5, 5.41) is 10.1. The van der Waals surface area contributed by atoms with Crippen molar-refractivity contribution in [3.8, 4) is 0 Å². The number of rotatable bonds is 45. The third kappa shape index (κ3) is 41.6. The summed E-state index contributed by atoms with van der Waals surface area (Å²) in [7, 11) is -5.00. The molecular formula is C47H89N2O11P. The molecule has 0 heterocycles. The number of hydrogen-bond acceptors (Lipinski definition) is 12. The molecule has 0 bridgehead atoms. The Hall–Kier alpha value is -2.12. The molecule has 14 heteroatoms. The fourth-order valence-electron chi connectivity index (χ4n) is 6.50. The fraction of sp³-hybridized carbons (Fsp3) is 0.851. The van der Waals surface area contributed by atoms with E-state index < -0.39 is 63.8 Å². The number of carbonyl (C=O) groups is 3. The van der Waals surface area contributed by atoms with Gasteiger partial charge in [-0.05, 0) is 83.5 Å². The second-order valence-corrected chi connectivity index (χ2v) is 17.8. The quantitative estimate of drug-likeness (QED) is 0.0172. The van der Waals surface area contributed by atoms with Gasteiger partial charge in [-0.25, -0.2) is 0 Å². The normalized spacial score (nSPS) is 14.3. The molecular weight excluding hydrogens is 799 g/mol. The number of unbranched alkanes of at least 4 members (excludes halogenated alkanes) is 22. The van der Waals surface area contributed by atoms with Crippen molar-refractivity contribution >= 4 is 25.7 Å². The number of nitrogens with two attached hydrogens (primary N) is 1. The molecule has 0 aromatic carbocycles. The summed E-state index contributed by atoms with van der Waals surface area (Å²) in [4.78, 5) is 49.9. The van der Waals surface area contributed by atoms with Crippen LogP contribution in [0, 0.1) is 0 Å². The van der Waals surface area contributed by atoms with E-state index >= 15 is 0 Å². The molecule has 0 aliphatic carbocycles. The molecule has 0 aliphatic rings. The van der Waals surface area contributed by atoms with Gasteiger partial charge in [0.05, 0.1) is 19.8 Å². The van der Waals surface area contributed by atoms with Crippen LogP contribution in [0.5, 0.6) is 0 Å². The maximum Gasteiger partial charge on any atom is 0.322 e. The van der Waals surface area contributed by atoms with Crippen LogP contribution in [0.4, 0.5) is 0 Å². The standard InChI is InChI=1S/C47H89N2O11P/c1-3-5-7-9-11-13-15-17-19-21-22-24-26-28-30-35-45(51)56-40-43(60-46(52)36-31-29-27-25-23-20-18-16-14-12-10-8-6-4-2)41-59-61(54,55)58-39-42(50)38-57-47(53)44(49)34-32-33-37-48/h13-16,42-44,50H,3-12,17-41,48-49H2,1-2H3,(H,54,55)/b15-13-,16-14-. The molecule has 0 aromatic rings.